The first-order valence-electron chi connectivity index (χ1n) is 8.16. The predicted octanol–water partition coefficient (Wildman–Crippen LogP) is 1.30. The number of carbonyl (C=O) groups is 2. The van der Waals surface area contributed by atoms with Crippen molar-refractivity contribution in [3.63, 3.8) is 0 Å². The van der Waals surface area contributed by atoms with Crippen LogP contribution < -0.4 is 10.9 Å². The maximum absolute atomic E-state index is 12.3. The normalized spacial score (nSPS) is 23.0. The van der Waals surface area contributed by atoms with Gasteiger partial charge in [-0.3, -0.25) is 24.3 Å². The number of aliphatic carboxylic acids is 1. The molecule has 0 bridgehead atoms. The van der Waals surface area contributed by atoms with Gasteiger partial charge in [0, 0.05) is 12.1 Å². The summed E-state index contributed by atoms with van der Waals surface area (Å²) in [7, 11) is 0. The third kappa shape index (κ3) is 4.23. The standard InChI is InChI=1S/C16H21N3O6/c1-2-11-5-7-16(8-6-11,15(22)23)17-13(20)10-18-9-12(19(24)25)3-4-14(18)21/h3-4,9,11H,2,5-8,10H2,1H3,(H,17,20)(H,22,23). The van der Waals surface area contributed by atoms with Crippen LogP contribution in [0.3, 0.4) is 0 Å². The van der Waals surface area contributed by atoms with Crippen molar-refractivity contribution in [1.82, 2.24) is 9.88 Å². The van der Waals surface area contributed by atoms with Gasteiger partial charge in [0.25, 0.3) is 11.2 Å². The first-order valence-corrected chi connectivity index (χ1v) is 8.16. The third-order valence-corrected chi connectivity index (χ3v) is 4.82. The van der Waals surface area contributed by atoms with E-state index in [9.17, 15) is 29.6 Å². The molecule has 0 unspecified atom stereocenters. The van der Waals surface area contributed by atoms with Crippen LogP contribution in [0, 0.1) is 16.0 Å². The van der Waals surface area contributed by atoms with Crippen molar-refractivity contribution < 1.29 is 19.6 Å². The van der Waals surface area contributed by atoms with Gasteiger partial charge in [0.1, 0.15) is 12.1 Å². The van der Waals surface area contributed by atoms with Gasteiger partial charge in [-0.15, -0.1) is 0 Å². The molecule has 1 saturated carbocycles. The topological polar surface area (TPSA) is 132 Å². The maximum Gasteiger partial charge on any atom is 0.329 e. The van der Waals surface area contributed by atoms with Crippen molar-refractivity contribution in [3.8, 4) is 0 Å². The van der Waals surface area contributed by atoms with Crippen molar-refractivity contribution in [3.05, 3.63) is 38.8 Å². The van der Waals surface area contributed by atoms with Gasteiger partial charge in [0.2, 0.25) is 5.91 Å². The van der Waals surface area contributed by atoms with E-state index in [1.54, 1.807) is 0 Å². The Balaban J connectivity index is 2.13. The first-order chi connectivity index (χ1) is 11.8. The van der Waals surface area contributed by atoms with Crippen molar-refractivity contribution in [2.24, 2.45) is 5.92 Å². The summed E-state index contributed by atoms with van der Waals surface area (Å²) >= 11 is 0. The highest BCUT2D eigenvalue weighted by atomic mass is 16.6. The smallest absolute Gasteiger partial charge is 0.329 e. The van der Waals surface area contributed by atoms with Crippen molar-refractivity contribution in [2.75, 3.05) is 0 Å². The number of aromatic nitrogens is 1. The summed E-state index contributed by atoms with van der Waals surface area (Å²) in [4.78, 5) is 45.8. The van der Waals surface area contributed by atoms with E-state index in [1.165, 1.54) is 0 Å². The van der Waals surface area contributed by atoms with Gasteiger partial charge in [-0.05, 0) is 31.6 Å². The van der Waals surface area contributed by atoms with Gasteiger partial charge in [-0.2, -0.15) is 0 Å². The van der Waals surface area contributed by atoms with Crippen LogP contribution in [-0.2, 0) is 16.1 Å². The lowest BCUT2D eigenvalue weighted by molar-refractivity contribution is -0.385. The molecule has 0 spiro atoms. The zero-order valence-corrected chi connectivity index (χ0v) is 13.9. The van der Waals surface area contributed by atoms with Crippen molar-refractivity contribution in [1.29, 1.82) is 0 Å². The molecule has 1 heterocycles. The highest BCUT2D eigenvalue weighted by Crippen LogP contribution is 2.34. The molecular weight excluding hydrogens is 330 g/mol. The molecule has 1 aliphatic carbocycles. The van der Waals surface area contributed by atoms with E-state index in [0.29, 0.717) is 31.6 Å². The summed E-state index contributed by atoms with van der Waals surface area (Å²) < 4.78 is 0.903. The average molecular weight is 351 g/mol. The highest BCUT2D eigenvalue weighted by Gasteiger charge is 2.42. The van der Waals surface area contributed by atoms with E-state index < -0.39 is 34.4 Å². The second-order valence-corrected chi connectivity index (χ2v) is 6.40. The summed E-state index contributed by atoms with van der Waals surface area (Å²) in [6.45, 7) is 1.58. The average Bonchev–Trinajstić information content (AvgIpc) is 2.57. The number of amides is 1. The van der Waals surface area contributed by atoms with E-state index in [2.05, 4.69) is 5.32 Å². The monoisotopic (exact) mass is 351 g/mol. The molecule has 2 rings (SSSR count). The minimum absolute atomic E-state index is 0.316. The van der Waals surface area contributed by atoms with Crippen LogP contribution in [-0.4, -0.2) is 32.0 Å². The molecule has 1 aliphatic rings. The maximum atomic E-state index is 12.3. The quantitative estimate of drug-likeness (QED) is 0.586. The van der Waals surface area contributed by atoms with Crippen LogP contribution >= 0.6 is 0 Å². The van der Waals surface area contributed by atoms with E-state index >= 15 is 0 Å². The van der Waals surface area contributed by atoms with Gasteiger partial charge in [-0.25, -0.2) is 4.79 Å². The minimum atomic E-state index is -1.34. The molecule has 136 valence electrons. The Morgan fingerprint density at radius 1 is 1.40 bits per heavy atom. The summed E-state index contributed by atoms with van der Waals surface area (Å²) in [6.07, 6.45) is 4.02. The molecule has 1 amide bonds. The van der Waals surface area contributed by atoms with E-state index in [-0.39, 0.29) is 5.69 Å². The molecule has 0 aromatic carbocycles. The number of hydrogen-bond donors (Lipinski definition) is 2. The van der Waals surface area contributed by atoms with Crippen molar-refractivity contribution >= 4 is 17.6 Å². The summed E-state index contributed by atoms with van der Waals surface area (Å²) in [6, 6.07) is 2.06. The molecule has 9 heteroatoms. The van der Waals surface area contributed by atoms with Gasteiger partial charge in [0.15, 0.2) is 0 Å². The zero-order valence-electron chi connectivity index (χ0n) is 13.9. The number of pyridine rings is 1. The summed E-state index contributed by atoms with van der Waals surface area (Å²) in [5.74, 6) is -1.30. The minimum Gasteiger partial charge on any atom is -0.480 e. The first kappa shape index (κ1) is 18.6. The molecule has 1 aromatic heterocycles. The number of nitrogens with zero attached hydrogens (tertiary/aromatic N) is 2. The number of carboxylic acid groups (broad SMARTS) is 1. The van der Waals surface area contributed by atoms with Gasteiger partial charge in [0.05, 0.1) is 11.1 Å². The lowest BCUT2D eigenvalue weighted by Crippen LogP contribution is -2.57. The Labute approximate surface area is 143 Å². The molecule has 25 heavy (non-hydrogen) atoms. The molecule has 2 N–H and O–H groups in total. The van der Waals surface area contributed by atoms with Crippen LogP contribution in [0.2, 0.25) is 0 Å². The van der Waals surface area contributed by atoms with E-state index in [0.717, 1.165) is 29.3 Å². The molecule has 0 atom stereocenters. The second-order valence-electron chi connectivity index (χ2n) is 6.40. The predicted molar refractivity (Wildman–Crippen MR) is 88.1 cm³/mol. The fraction of sp³-hybridized carbons (Fsp3) is 0.562. The number of carboxylic acids is 1. The molecule has 9 nitrogen and oxygen atoms in total. The number of nitrogens with one attached hydrogen (secondary N) is 1. The molecule has 0 aliphatic heterocycles. The Morgan fingerprint density at radius 3 is 2.56 bits per heavy atom. The lowest BCUT2D eigenvalue weighted by Gasteiger charge is -2.37. The highest BCUT2D eigenvalue weighted by molar-refractivity contribution is 5.87. The fourth-order valence-corrected chi connectivity index (χ4v) is 3.18. The van der Waals surface area contributed by atoms with Gasteiger partial charge < -0.3 is 10.4 Å². The Kier molecular flexibility index (Phi) is 5.55. The van der Waals surface area contributed by atoms with E-state index in [4.69, 9.17) is 0 Å². The van der Waals surface area contributed by atoms with Crippen LogP contribution in [0.25, 0.3) is 0 Å². The van der Waals surface area contributed by atoms with E-state index in [1.807, 2.05) is 6.92 Å². The zero-order chi connectivity index (χ0) is 18.6. The number of hydrogen-bond acceptors (Lipinski definition) is 5. The number of carbonyl (C=O) groups excluding carboxylic acids is 1. The second kappa shape index (κ2) is 7.45. The third-order valence-electron chi connectivity index (χ3n) is 4.82. The molecular formula is C16H21N3O6. The fourth-order valence-electron chi connectivity index (χ4n) is 3.18. The molecule has 0 saturated heterocycles. The molecule has 1 fully saturated rings. The molecule has 1 aromatic rings. The van der Waals surface area contributed by atoms with Gasteiger partial charge >= 0.3 is 5.97 Å². The number of rotatable bonds is 6. The summed E-state index contributed by atoms with van der Waals surface area (Å²) in [5, 5.41) is 22.9. The molecule has 0 radical (unpaired) electrons. The largest absolute Gasteiger partial charge is 0.480 e. The van der Waals surface area contributed by atoms with Crippen molar-refractivity contribution in [2.45, 2.75) is 51.1 Å². The van der Waals surface area contributed by atoms with Crippen LogP contribution in [0.4, 0.5) is 5.69 Å². The number of nitro groups is 1. The van der Waals surface area contributed by atoms with Crippen LogP contribution in [0.5, 0.6) is 0 Å². The Morgan fingerprint density at radius 2 is 2.04 bits per heavy atom. The van der Waals surface area contributed by atoms with Crippen LogP contribution in [0.1, 0.15) is 39.0 Å². The van der Waals surface area contributed by atoms with Crippen LogP contribution in [0.15, 0.2) is 23.1 Å². The SMILES string of the molecule is CCC1CCC(NC(=O)Cn2cc([N+](=O)[O-])ccc2=O)(C(=O)O)CC1. The lowest BCUT2D eigenvalue weighted by atomic mass is 9.75. The van der Waals surface area contributed by atoms with Gasteiger partial charge in [-0.1, -0.05) is 13.3 Å². The Hall–Kier alpha value is -2.71. The Bertz CT molecular complexity index is 734. The summed E-state index contributed by atoms with van der Waals surface area (Å²) in [5.41, 5.74) is -2.23.